The Labute approximate surface area is 155 Å². The number of hydrogen-bond acceptors (Lipinski definition) is 6. The molecule has 1 amide bonds. The van der Waals surface area contributed by atoms with Crippen molar-refractivity contribution < 1.29 is 14.3 Å². The molecule has 0 atom stereocenters. The molecule has 0 radical (unpaired) electrons. The van der Waals surface area contributed by atoms with E-state index in [0.29, 0.717) is 23.8 Å². The maximum atomic E-state index is 12.3. The van der Waals surface area contributed by atoms with Crippen LogP contribution >= 0.6 is 11.5 Å². The number of carbonyl (C=O) groups is 1. The molecular formula is C19H17N3O3S. The van der Waals surface area contributed by atoms with Crippen LogP contribution in [0.1, 0.15) is 20.8 Å². The molecule has 4 rings (SSSR count). The van der Waals surface area contributed by atoms with Crippen molar-refractivity contribution in [2.75, 3.05) is 18.5 Å². The van der Waals surface area contributed by atoms with Gasteiger partial charge in [-0.05, 0) is 60.8 Å². The summed E-state index contributed by atoms with van der Waals surface area (Å²) < 4.78 is 15.3. The number of amides is 1. The number of rotatable bonds is 3. The molecule has 0 unspecified atom stereocenters. The van der Waals surface area contributed by atoms with Crippen LogP contribution in [0.2, 0.25) is 0 Å². The fourth-order valence-corrected chi connectivity index (χ4v) is 3.44. The van der Waals surface area contributed by atoms with Crippen molar-refractivity contribution in [1.29, 1.82) is 0 Å². The van der Waals surface area contributed by atoms with Gasteiger partial charge in [0.1, 0.15) is 18.1 Å². The molecule has 0 aliphatic carbocycles. The summed E-state index contributed by atoms with van der Waals surface area (Å²) in [6.45, 7) is 4.99. The van der Waals surface area contributed by atoms with Gasteiger partial charge in [0.05, 0.1) is 17.6 Å². The van der Waals surface area contributed by atoms with Gasteiger partial charge in [-0.2, -0.15) is 0 Å². The monoisotopic (exact) mass is 367 g/mol. The van der Waals surface area contributed by atoms with Gasteiger partial charge in [0.15, 0.2) is 11.5 Å². The number of nitrogens with one attached hydrogen (secondary N) is 1. The van der Waals surface area contributed by atoms with E-state index >= 15 is 0 Å². The van der Waals surface area contributed by atoms with Crippen molar-refractivity contribution in [2.24, 2.45) is 0 Å². The molecule has 1 aliphatic heterocycles. The second-order valence-electron chi connectivity index (χ2n) is 6.03. The average molecular weight is 367 g/mol. The lowest BCUT2D eigenvalue weighted by Crippen LogP contribution is -2.15. The van der Waals surface area contributed by atoms with Crippen LogP contribution in [-0.2, 0) is 0 Å². The highest BCUT2D eigenvalue weighted by Gasteiger charge is 2.16. The van der Waals surface area contributed by atoms with E-state index in [0.717, 1.165) is 33.9 Å². The summed E-state index contributed by atoms with van der Waals surface area (Å²) in [4.78, 5) is 17.4. The molecule has 132 valence electrons. The topological polar surface area (TPSA) is 73.3 Å². The van der Waals surface area contributed by atoms with E-state index in [1.54, 1.807) is 12.4 Å². The Hall–Kier alpha value is -2.93. The summed E-state index contributed by atoms with van der Waals surface area (Å²) in [6.07, 6.45) is 3.34. The van der Waals surface area contributed by atoms with Crippen LogP contribution in [0.25, 0.3) is 11.3 Å². The SMILES string of the molecule is Cc1cc2c(cc1-c1ccc(NC(=O)c3sncc3C)cn1)OCCO2. The van der Waals surface area contributed by atoms with Crippen molar-refractivity contribution in [3.63, 3.8) is 0 Å². The third-order valence-corrected chi connectivity index (χ3v) is 5.04. The van der Waals surface area contributed by atoms with Gasteiger partial charge >= 0.3 is 0 Å². The largest absolute Gasteiger partial charge is 0.486 e. The number of aryl methyl sites for hydroxylation is 2. The zero-order chi connectivity index (χ0) is 18.1. The fourth-order valence-electron chi connectivity index (χ4n) is 2.79. The number of anilines is 1. The minimum Gasteiger partial charge on any atom is -0.486 e. The molecule has 1 N–H and O–H groups in total. The second-order valence-corrected chi connectivity index (χ2v) is 6.84. The number of benzene rings is 1. The van der Waals surface area contributed by atoms with Gasteiger partial charge in [0.2, 0.25) is 0 Å². The fraction of sp³-hybridized carbons (Fsp3) is 0.211. The Morgan fingerprint density at radius 2 is 1.85 bits per heavy atom. The first-order chi connectivity index (χ1) is 12.6. The summed E-state index contributed by atoms with van der Waals surface area (Å²) in [6, 6.07) is 7.64. The smallest absolute Gasteiger partial charge is 0.267 e. The highest BCUT2D eigenvalue weighted by Crippen LogP contribution is 2.36. The predicted octanol–water partition coefficient (Wildman–Crippen LogP) is 3.85. The van der Waals surface area contributed by atoms with Crippen molar-refractivity contribution in [3.8, 4) is 22.8 Å². The van der Waals surface area contributed by atoms with Crippen molar-refractivity contribution in [1.82, 2.24) is 9.36 Å². The normalized spacial score (nSPS) is 12.7. The third kappa shape index (κ3) is 3.13. The van der Waals surface area contributed by atoms with E-state index in [-0.39, 0.29) is 5.91 Å². The highest BCUT2D eigenvalue weighted by molar-refractivity contribution is 7.08. The number of nitrogens with zero attached hydrogens (tertiary/aromatic N) is 2. The van der Waals surface area contributed by atoms with Crippen LogP contribution in [-0.4, -0.2) is 28.5 Å². The van der Waals surface area contributed by atoms with Crippen molar-refractivity contribution >= 4 is 23.1 Å². The van der Waals surface area contributed by atoms with E-state index in [4.69, 9.17) is 9.47 Å². The van der Waals surface area contributed by atoms with Crippen LogP contribution in [0.5, 0.6) is 11.5 Å². The number of carbonyl (C=O) groups excluding carboxylic acids is 1. The molecule has 2 aromatic heterocycles. The first-order valence-corrected chi connectivity index (χ1v) is 8.98. The van der Waals surface area contributed by atoms with Gasteiger partial charge in [-0.15, -0.1) is 0 Å². The number of hydrogen-bond donors (Lipinski definition) is 1. The maximum absolute atomic E-state index is 12.3. The molecule has 0 bridgehead atoms. The number of pyridine rings is 1. The molecule has 6 nitrogen and oxygen atoms in total. The summed E-state index contributed by atoms with van der Waals surface area (Å²) in [5.41, 5.74) is 4.35. The molecule has 3 heterocycles. The lowest BCUT2D eigenvalue weighted by molar-refractivity contribution is 0.103. The summed E-state index contributed by atoms with van der Waals surface area (Å²) >= 11 is 1.18. The van der Waals surface area contributed by atoms with E-state index in [9.17, 15) is 4.79 Å². The maximum Gasteiger partial charge on any atom is 0.267 e. The van der Waals surface area contributed by atoms with Crippen LogP contribution in [0, 0.1) is 13.8 Å². The molecule has 0 spiro atoms. The molecule has 1 aliphatic rings. The number of aromatic nitrogens is 2. The molecule has 3 aromatic rings. The quantitative estimate of drug-likeness (QED) is 0.761. The van der Waals surface area contributed by atoms with E-state index in [2.05, 4.69) is 14.7 Å². The van der Waals surface area contributed by atoms with Gasteiger partial charge < -0.3 is 14.8 Å². The lowest BCUT2D eigenvalue weighted by atomic mass is 10.0. The second kappa shape index (κ2) is 6.76. The molecule has 26 heavy (non-hydrogen) atoms. The Balaban J connectivity index is 1.56. The minimum absolute atomic E-state index is 0.171. The lowest BCUT2D eigenvalue weighted by Gasteiger charge is -2.20. The Kier molecular flexibility index (Phi) is 4.30. The van der Waals surface area contributed by atoms with E-state index in [1.807, 2.05) is 38.1 Å². The van der Waals surface area contributed by atoms with Gasteiger partial charge in [-0.3, -0.25) is 9.78 Å². The minimum atomic E-state index is -0.171. The van der Waals surface area contributed by atoms with E-state index < -0.39 is 0 Å². The number of fused-ring (bicyclic) bond motifs is 1. The van der Waals surface area contributed by atoms with Crippen LogP contribution in [0.3, 0.4) is 0 Å². The molecule has 7 heteroatoms. The zero-order valence-electron chi connectivity index (χ0n) is 14.4. The Morgan fingerprint density at radius 3 is 2.50 bits per heavy atom. The summed E-state index contributed by atoms with van der Waals surface area (Å²) in [5.74, 6) is 1.33. The van der Waals surface area contributed by atoms with Crippen molar-refractivity contribution in [3.05, 3.63) is 52.7 Å². The van der Waals surface area contributed by atoms with E-state index in [1.165, 1.54) is 11.5 Å². The van der Waals surface area contributed by atoms with Crippen LogP contribution in [0.15, 0.2) is 36.7 Å². The predicted molar refractivity (Wildman–Crippen MR) is 100 cm³/mol. The summed E-state index contributed by atoms with van der Waals surface area (Å²) in [5, 5.41) is 2.85. The zero-order valence-corrected chi connectivity index (χ0v) is 15.2. The Bertz CT molecular complexity index is 967. The number of ether oxygens (including phenoxy) is 2. The molecule has 0 saturated carbocycles. The highest BCUT2D eigenvalue weighted by atomic mass is 32.1. The first kappa shape index (κ1) is 16.5. The Morgan fingerprint density at radius 1 is 1.08 bits per heavy atom. The molecular weight excluding hydrogens is 350 g/mol. The first-order valence-electron chi connectivity index (χ1n) is 8.21. The van der Waals surface area contributed by atoms with Gasteiger partial charge in [0, 0.05) is 11.8 Å². The van der Waals surface area contributed by atoms with Gasteiger partial charge in [-0.1, -0.05) is 0 Å². The molecule has 1 aromatic carbocycles. The van der Waals surface area contributed by atoms with Crippen LogP contribution in [0.4, 0.5) is 5.69 Å². The van der Waals surface area contributed by atoms with Crippen LogP contribution < -0.4 is 14.8 Å². The third-order valence-electron chi connectivity index (χ3n) is 4.14. The molecule has 0 saturated heterocycles. The standard InChI is InChI=1S/C19H17N3O3S/c1-11-7-16-17(25-6-5-24-16)8-14(11)15-4-3-13(10-20-15)22-19(23)18-12(2)9-21-26-18/h3-4,7-10H,5-6H2,1-2H3,(H,22,23). The molecule has 0 fully saturated rings. The van der Waals surface area contributed by atoms with Crippen molar-refractivity contribution in [2.45, 2.75) is 13.8 Å². The summed E-state index contributed by atoms with van der Waals surface area (Å²) in [7, 11) is 0. The average Bonchev–Trinajstić information content (AvgIpc) is 3.08. The van der Waals surface area contributed by atoms with Gasteiger partial charge in [-0.25, -0.2) is 4.37 Å². The van der Waals surface area contributed by atoms with Gasteiger partial charge in [0.25, 0.3) is 5.91 Å².